The van der Waals surface area contributed by atoms with Gasteiger partial charge in [0, 0.05) is 38.6 Å². The van der Waals surface area contributed by atoms with Crippen LogP contribution in [0.4, 0.5) is 0 Å². The van der Waals surface area contributed by atoms with E-state index in [0.29, 0.717) is 0 Å². The Morgan fingerprint density at radius 3 is 2.33 bits per heavy atom. The van der Waals surface area contributed by atoms with Gasteiger partial charge in [-0.15, -0.1) is 0 Å². The monoisotopic (exact) mass is 283 g/mol. The summed E-state index contributed by atoms with van der Waals surface area (Å²) in [5.74, 6) is 0. The first-order valence-electron chi connectivity index (χ1n) is 6.92. The molecule has 0 saturated heterocycles. The summed E-state index contributed by atoms with van der Waals surface area (Å²) in [4.78, 5) is 0. The lowest BCUT2D eigenvalue weighted by molar-refractivity contribution is 0.669. The fraction of sp³-hybridized carbons (Fsp3) is 0. The van der Waals surface area contributed by atoms with E-state index < -0.39 is 0 Å². The fourth-order valence-corrected chi connectivity index (χ4v) is 3.66. The highest BCUT2D eigenvalue weighted by Crippen LogP contribution is 2.35. The predicted molar refractivity (Wildman–Crippen MR) is 87.9 cm³/mol. The maximum Gasteiger partial charge on any atom is 0.318 e. The van der Waals surface area contributed by atoms with Crippen LogP contribution in [0.3, 0.4) is 0 Å². The molecule has 0 saturated carbocycles. The van der Waals surface area contributed by atoms with E-state index in [9.17, 15) is 0 Å². The summed E-state index contributed by atoms with van der Waals surface area (Å²) in [7, 11) is 0. The SMILES string of the molecule is [Al][n]1c2ccccc2c2cc3c(cc21)oc1ccccc13. The van der Waals surface area contributed by atoms with Gasteiger partial charge in [-0.1, -0.05) is 36.4 Å². The van der Waals surface area contributed by atoms with Crippen LogP contribution in [0.5, 0.6) is 0 Å². The van der Waals surface area contributed by atoms with Crippen molar-refractivity contribution in [2.75, 3.05) is 0 Å². The molecule has 0 fully saturated rings. The first-order chi connectivity index (χ1) is 10.3. The smallest absolute Gasteiger partial charge is 0.318 e. The number of hydrogen-bond donors (Lipinski definition) is 0. The number of aromatic nitrogens is 1. The minimum Gasteiger partial charge on any atom is -0.456 e. The third kappa shape index (κ3) is 1.43. The quantitative estimate of drug-likeness (QED) is 0.379. The van der Waals surface area contributed by atoms with Crippen LogP contribution in [0, 0.1) is 0 Å². The molecule has 0 aliphatic rings. The summed E-state index contributed by atoms with van der Waals surface area (Å²) >= 11 is 2.80. The van der Waals surface area contributed by atoms with E-state index in [0.717, 1.165) is 11.2 Å². The van der Waals surface area contributed by atoms with Gasteiger partial charge in [0.1, 0.15) is 11.2 Å². The summed E-state index contributed by atoms with van der Waals surface area (Å²) in [5, 5.41) is 4.89. The number of benzene rings is 3. The number of nitrogens with zero attached hydrogens (tertiary/aromatic N) is 1. The van der Waals surface area contributed by atoms with Gasteiger partial charge < -0.3 is 7.97 Å². The number of furan rings is 1. The molecule has 0 spiro atoms. The van der Waals surface area contributed by atoms with Gasteiger partial charge in [-0.2, -0.15) is 0 Å². The van der Waals surface area contributed by atoms with E-state index >= 15 is 0 Å². The van der Waals surface area contributed by atoms with Gasteiger partial charge in [-0.3, -0.25) is 0 Å². The minimum atomic E-state index is 0.940. The normalized spacial score (nSPS) is 12.0. The third-order valence-corrected chi connectivity index (χ3v) is 4.76. The van der Waals surface area contributed by atoms with Gasteiger partial charge >= 0.3 is 16.5 Å². The van der Waals surface area contributed by atoms with Gasteiger partial charge in [0.15, 0.2) is 0 Å². The van der Waals surface area contributed by atoms with Crippen LogP contribution >= 0.6 is 0 Å². The summed E-state index contributed by atoms with van der Waals surface area (Å²) in [6, 6.07) is 21.1. The Morgan fingerprint density at radius 2 is 1.43 bits per heavy atom. The molecule has 5 rings (SSSR count). The van der Waals surface area contributed by atoms with E-state index in [1.54, 1.807) is 0 Å². The van der Waals surface area contributed by atoms with E-state index in [1.165, 1.54) is 32.6 Å². The second-order valence-electron chi connectivity index (χ2n) is 5.35. The molecule has 96 valence electrons. The second kappa shape index (κ2) is 3.92. The Morgan fingerprint density at radius 1 is 0.667 bits per heavy atom. The molecule has 3 heteroatoms. The molecular formula is C18H10AlNO. The van der Waals surface area contributed by atoms with Crippen molar-refractivity contribution in [1.82, 2.24) is 3.55 Å². The second-order valence-corrected chi connectivity index (χ2v) is 5.87. The van der Waals surface area contributed by atoms with Crippen LogP contribution in [0.25, 0.3) is 43.7 Å². The molecule has 0 amide bonds. The molecule has 0 unspecified atom stereocenters. The third-order valence-electron chi connectivity index (χ3n) is 4.21. The molecule has 2 heterocycles. The molecule has 2 aromatic heterocycles. The highest BCUT2D eigenvalue weighted by atomic mass is 27.1. The van der Waals surface area contributed by atoms with Crippen molar-refractivity contribution in [3.05, 3.63) is 60.7 Å². The van der Waals surface area contributed by atoms with E-state index in [1.807, 2.05) is 12.1 Å². The van der Waals surface area contributed by atoms with Crippen LogP contribution in [-0.2, 0) is 0 Å². The van der Waals surface area contributed by atoms with E-state index in [-0.39, 0.29) is 0 Å². The van der Waals surface area contributed by atoms with Crippen LogP contribution in [0.15, 0.2) is 65.1 Å². The fourth-order valence-electron chi connectivity index (χ4n) is 3.22. The Bertz CT molecular complexity index is 1150. The van der Waals surface area contributed by atoms with Crippen molar-refractivity contribution in [2.24, 2.45) is 0 Å². The number of hydrogen-bond acceptors (Lipinski definition) is 1. The molecule has 0 aliphatic carbocycles. The lowest BCUT2D eigenvalue weighted by Crippen LogP contribution is -1.89. The first-order valence-corrected chi connectivity index (χ1v) is 7.44. The van der Waals surface area contributed by atoms with Crippen molar-refractivity contribution in [2.45, 2.75) is 0 Å². The Kier molecular flexibility index (Phi) is 2.14. The number of para-hydroxylation sites is 2. The van der Waals surface area contributed by atoms with Crippen molar-refractivity contribution < 1.29 is 4.42 Å². The van der Waals surface area contributed by atoms with Gasteiger partial charge in [0.2, 0.25) is 0 Å². The molecule has 2 radical (unpaired) electrons. The van der Waals surface area contributed by atoms with Crippen LogP contribution in [0.2, 0.25) is 0 Å². The molecule has 2 nitrogen and oxygen atoms in total. The predicted octanol–water partition coefficient (Wildman–Crippen LogP) is 4.63. The highest BCUT2D eigenvalue weighted by molar-refractivity contribution is 6.24. The largest absolute Gasteiger partial charge is 0.456 e. The Balaban J connectivity index is 2.08. The summed E-state index contributed by atoms with van der Waals surface area (Å²) in [6.45, 7) is 0. The summed E-state index contributed by atoms with van der Waals surface area (Å²) in [6.07, 6.45) is 0. The first kappa shape index (κ1) is 11.5. The molecule has 0 atom stereocenters. The minimum absolute atomic E-state index is 0.940. The molecule has 0 N–H and O–H groups in total. The standard InChI is InChI=1S/C18H10NO.Al/c1-3-7-15-11(5-1)13-9-14-12-6-2-4-8-17(12)20-18(14)10-16(13)19-15;/h1-10H;/q-1;+1. The van der Waals surface area contributed by atoms with E-state index in [4.69, 9.17) is 4.42 Å². The van der Waals surface area contributed by atoms with Crippen molar-refractivity contribution >= 4 is 60.3 Å². The number of fused-ring (bicyclic) bond motifs is 6. The number of rotatable bonds is 0. The maximum absolute atomic E-state index is 5.99. The van der Waals surface area contributed by atoms with Gasteiger partial charge in [-0.05, 0) is 18.2 Å². The zero-order chi connectivity index (χ0) is 14.0. The molecule has 3 aromatic carbocycles. The lowest BCUT2D eigenvalue weighted by Gasteiger charge is -1.99. The molecular weight excluding hydrogens is 273 g/mol. The van der Waals surface area contributed by atoms with E-state index in [2.05, 4.69) is 68.6 Å². The molecule has 0 bridgehead atoms. The van der Waals surface area contributed by atoms with Crippen molar-refractivity contribution in [3.8, 4) is 0 Å². The van der Waals surface area contributed by atoms with Gasteiger partial charge in [-0.25, -0.2) is 0 Å². The summed E-state index contributed by atoms with van der Waals surface area (Å²) < 4.78 is 8.14. The van der Waals surface area contributed by atoms with Crippen LogP contribution in [0.1, 0.15) is 0 Å². The lowest BCUT2D eigenvalue weighted by atomic mass is 10.1. The van der Waals surface area contributed by atoms with Gasteiger partial charge in [0.05, 0.1) is 0 Å². The van der Waals surface area contributed by atoms with Crippen LogP contribution in [-0.4, -0.2) is 20.1 Å². The average Bonchev–Trinajstić information content (AvgIpc) is 3.02. The highest BCUT2D eigenvalue weighted by Gasteiger charge is 2.12. The Labute approximate surface area is 129 Å². The average molecular weight is 283 g/mol. The molecule has 21 heavy (non-hydrogen) atoms. The maximum atomic E-state index is 5.99. The Hall–Kier alpha value is -2.21. The zero-order valence-electron chi connectivity index (χ0n) is 11.2. The molecule has 5 aromatic rings. The van der Waals surface area contributed by atoms with Gasteiger partial charge in [0.25, 0.3) is 0 Å². The molecule has 0 aliphatic heterocycles. The van der Waals surface area contributed by atoms with Crippen LogP contribution < -0.4 is 0 Å². The van der Waals surface area contributed by atoms with Crippen molar-refractivity contribution in [1.29, 1.82) is 0 Å². The topological polar surface area (TPSA) is 18.1 Å². The van der Waals surface area contributed by atoms with Crippen molar-refractivity contribution in [3.63, 3.8) is 0 Å². The zero-order valence-corrected chi connectivity index (χ0v) is 12.4. The summed E-state index contributed by atoms with van der Waals surface area (Å²) in [5.41, 5.74) is 4.28.